The fourth-order valence-electron chi connectivity index (χ4n) is 0.912. The van der Waals surface area contributed by atoms with Crippen molar-refractivity contribution in [3.63, 3.8) is 0 Å². The van der Waals surface area contributed by atoms with Gasteiger partial charge in [0.05, 0.1) is 19.9 Å². The van der Waals surface area contributed by atoms with Crippen molar-refractivity contribution in [1.82, 2.24) is 0 Å². The average Bonchev–Trinajstić information content (AvgIpc) is 2.04. The molecule has 0 atom stereocenters. The lowest BCUT2D eigenvalue weighted by Crippen LogP contribution is -1.95. The SMILES string of the molecule is C.COc1cccc(N)c1OC. The number of rotatable bonds is 2. The normalized spacial score (nSPS) is 8.50. The van der Waals surface area contributed by atoms with Gasteiger partial charge in [-0.15, -0.1) is 0 Å². The molecule has 0 saturated carbocycles. The molecule has 0 heterocycles. The standard InChI is InChI=1S/C8H11NO2.CH4/c1-10-7-5-3-4-6(9)8(7)11-2;/h3-5H,9H2,1-2H3;1H4. The van der Waals surface area contributed by atoms with Gasteiger partial charge in [-0.3, -0.25) is 0 Å². The molecule has 3 heteroatoms. The van der Waals surface area contributed by atoms with Crippen molar-refractivity contribution in [1.29, 1.82) is 0 Å². The third-order valence-corrected chi connectivity index (χ3v) is 1.43. The summed E-state index contributed by atoms with van der Waals surface area (Å²) >= 11 is 0. The van der Waals surface area contributed by atoms with Crippen LogP contribution in [0, 0.1) is 0 Å². The van der Waals surface area contributed by atoms with Crippen LogP contribution in [0.4, 0.5) is 5.69 Å². The fraction of sp³-hybridized carbons (Fsp3) is 0.333. The van der Waals surface area contributed by atoms with Gasteiger partial charge in [0, 0.05) is 0 Å². The number of anilines is 1. The molecule has 12 heavy (non-hydrogen) atoms. The molecule has 0 bridgehead atoms. The predicted molar refractivity (Wildman–Crippen MR) is 50.7 cm³/mol. The number of nitrogen functional groups attached to an aromatic ring is 1. The minimum atomic E-state index is 0. The molecule has 0 amide bonds. The Labute approximate surface area is 73.1 Å². The summed E-state index contributed by atoms with van der Waals surface area (Å²) in [6.45, 7) is 0. The molecule has 2 N–H and O–H groups in total. The van der Waals surface area contributed by atoms with E-state index >= 15 is 0 Å². The van der Waals surface area contributed by atoms with Crippen LogP contribution in [0.2, 0.25) is 0 Å². The average molecular weight is 169 g/mol. The van der Waals surface area contributed by atoms with E-state index in [1.807, 2.05) is 6.07 Å². The van der Waals surface area contributed by atoms with Gasteiger partial charge in [0.15, 0.2) is 11.5 Å². The summed E-state index contributed by atoms with van der Waals surface area (Å²) in [5.74, 6) is 1.25. The molecular formula is C9H15NO2. The molecule has 0 spiro atoms. The maximum absolute atomic E-state index is 5.60. The Morgan fingerprint density at radius 1 is 1.17 bits per heavy atom. The number of nitrogens with two attached hydrogens (primary N) is 1. The second kappa shape index (κ2) is 4.49. The summed E-state index contributed by atoms with van der Waals surface area (Å²) in [4.78, 5) is 0. The number of methoxy groups -OCH3 is 2. The first kappa shape index (κ1) is 10.6. The minimum Gasteiger partial charge on any atom is -0.493 e. The second-order valence-electron chi connectivity index (χ2n) is 2.08. The molecule has 0 aliphatic carbocycles. The summed E-state index contributed by atoms with van der Waals surface area (Å²) in [7, 11) is 3.14. The largest absolute Gasteiger partial charge is 0.493 e. The second-order valence-corrected chi connectivity index (χ2v) is 2.08. The summed E-state index contributed by atoms with van der Waals surface area (Å²) in [6, 6.07) is 5.38. The van der Waals surface area contributed by atoms with Gasteiger partial charge < -0.3 is 15.2 Å². The lowest BCUT2D eigenvalue weighted by Gasteiger charge is -2.08. The third kappa shape index (κ3) is 1.81. The lowest BCUT2D eigenvalue weighted by atomic mass is 10.3. The van der Waals surface area contributed by atoms with Gasteiger partial charge in [-0.05, 0) is 12.1 Å². The van der Waals surface area contributed by atoms with E-state index in [4.69, 9.17) is 15.2 Å². The van der Waals surface area contributed by atoms with Crippen LogP contribution < -0.4 is 15.2 Å². The molecule has 68 valence electrons. The Morgan fingerprint density at radius 3 is 2.25 bits per heavy atom. The van der Waals surface area contributed by atoms with E-state index in [9.17, 15) is 0 Å². The van der Waals surface area contributed by atoms with Crippen molar-refractivity contribution < 1.29 is 9.47 Å². The Hall–Kier alpha value is -1.38. The highest BCUT2D eigenvalue weighted by Gasteiger charge is 2.04. The molecule has 3 nitrogen and oxygen atoms in total. The van der Waals surface area contributed by atoms with Crippen LogP contribution >= 0.6 is 0 Å². The van der Waals surface area contributed by atoms with Gasteiger partial charge in [0.2, 0.25) is 0 Å². The zero-order chi connectivity index (χ0) is 8.27. The summed E-state index contributed by atoms with van der Waals surface area (Å²) in [6.07, 6.45) is 0. The van der Waals surface area contributed by atoms with Crippen molar-refractivity contribution in [2.24, 2.45) is 0 Å². The van der Waals surface area contributed by atoms with Crippen molar-refractivity contribution >= 4 is 5.69 Å². The molecule has 1 rings (SSSR count). The zero-order valence-electron chi connectivity index (χ0n) is 6.63. The zero-order valence-corrected chi connectivity index (χ0v) is 6.63. The minimum absolute atomic E-state index is 0. The number of hydrogen-bond donors (Lipinski definition) is 1. The molecule has 0 aliphatic heterocycles. The number of ether oxygens (including phenoxy) is 2. The van der Waals surface area contributed by atoms with Crippen LogP contribution in [-0.4, -0.2) is 14.2 Å². The summed E-state index contributed by atoms with van der Waals surface area (Å²) in [5.41, 5.74) is 6.19. The van der Waals surface area contributed by atoms with E-state index in [2.05, 4.69) is 0 Å². The van der Waals surface area contributed by atoms with Gasteiger partial charge in [-0.25, -0.2) is 0 Å². The van der Waals surface area contributed by atoms with Gasteiger partial charge in [-0.1, -0.05) is 13.5 Å². The van der Waals surface area contributed by atoms with Crippen LogP contribution in [0.15, 0.2) is 18.2 Å². The smallest absolute Gasteiger partial charge is 0.183 e. The van der Waals surface area contributed by atoms with Crippen LogP contribution in [0.3, 0.4) is 0 Å². The van der Waals surface area contributed by atoms with E-state index in [0.717, 1.165) is 0 Å². The van der Waals surface area contributed by atoms with Gasteiger partial charge in [-0.2, -0.15) is 0 Å². The highest BCUT2D eigenvalue weighted by atomic mass is 16.5. The quantitative estimate of drug-likeness (QED) is 0.688. The van der Waals surface area contributed by atoms with E-state index in [0.29, 0.717) is 17.2 Å². The first-order valence-corrected chi connectivity index (χ1v) is 3.26. The Balaban J connectivity index is 0.00000121. The number of hydrogen-bond acceptors (Lipinski definition) is 3. The molecule has 0 radical (unpaired) electrons. The van der Waals surface area contributed by atoms with Crippen molar-refractivity contribution in [2.45, 2.75) is 7.43 Å². The topological polar surface area (TPSA) is 44.5 Å². The highest BCUT2D eigenvalue weighted by molar-refractivity contribution is 5.59. The molecule has 0 fully saturated rings. The monoisotopic (exact) mass is 169 g/mol. The maximum atomic E-state index is 5.60. The molecule has 0 aliphatic rings. The van der Waals surface area contributed by atoms with E-state index < -0.39 is 0 Å². The van der Waals surface area contributed by atoms with Crippen molar-refractivity contribution in [3.8, 4) is 11.5 Å². The first-order valence-electron chi connectivity index (χ1n) is 3.26. The van der Waals surface area contributed by atoms with Crippen LogP contribution in [0.1, 0.15) is 7.43 Å². The summed E-state index contributed by atoms with van der Waals surface area (Å²) < 4.78 is 10.0. The Morgan fingerprint density at radius 2 is 1.83 bits per heavy atom. The molecule has 0 saturated heterocycles. The Bertz CT molecular complexity index is 248. The Kier molecular flexibility index (Phi) is 3.97. The molecule has 0 unspecified atom stereocenters. The van der Waals surface area contributed by atoms with Gasteiger partial charge in [0.1, 0.15) is 0 Å². The predicted octanol–water partition coefficient (Wildman–Crippen LogP) is 1.92. The van der Waals surface area contributed by atoms with E-state index in [1.54, 1.807) is 26.4 Å². The molecule has 1 aromatic carbocycles. The van der Waals surface area contributed by atoms with Crippen LogP contribution in [-0.2, 0) is 0 Å². The van der Waals surface area contributed by atoms with E-state index in [-0.39, 0.29) is 7.43 Å². The third-order valence-electron chi connectivity index (χ3n) is 1.43. The van der Waals surface area contributed by atoms with Crippen LogP contribution in [0.5, 0.6) is 11.5 Å². The number of benzene rings is 1. The van der Waals surface area contributed by atoms with Gasteiger partial charge in [0.25, 0.3) is 0 Å². The number of para-hydroxylation sites is 1. The molecular weight excluding hydrogens is 154 g/mol. The lowest BCUT2D eigenvalue weighted by molar-refractivity contribution is 0.356. The first-order chi connectivity index (χ1) is 5.29. The van der Waals surface area contributed by atoms with E-state index in [1.165, 1.54) is 0 Å². The van der Waals surface area contributed by atoms with Gasteiger partial charge >= 0.3 is 0 Å². The van der Waals surface area contributed by atoms with Crippen molar-refractivity contribution in [2.75, 3.05) is 20.0 Å². The van der Waals surface area contributed by atoms with Crippen LogP contribution in [0.25, 0.3) is 0 Å². The highest BCUT2D eigenvalue weighted by Crippen LogP contribution is 2.31. The molecule has 1 aromatic rings. The molecule has 0 aromatic heterocycles. The van der Waals surface area contributed by atoms with Crippen molar-refractivity contribution in [3.05, 3.63) is 18.2 Å². The summed E-state index contributed by atoms with van der Waals surface area (Å²) in [5, 5.41) is 0. The maximum Gasteiger partial charge on any atom is 0.183 e. The fourth-order valence-corrected chi connectivity index (χ4v) is 0.912.